The molecule has 29 heavy (non-hydrogen) atoms. The Balaban J connectivity index is 1.46. The summed E-state index contributed by atoms with van der Waals surface area (Å²) >= 11 is 2.10. The highest BCUT2D eigenvalue weighted by Gasteiger charge is 2.36. The fourth-order valence-corrected chi connectivity index (χ4v) is 5.88. The van der Waals surface area contributed by atoms with Crippen molar-refractivity contribution in [2.75, 3.05) is 18.1 Å². The van der Waals surface area contributed by atoms with Crippen LogP contribution in [0, 0.1) is 11.8 Å². The van der Waals surface area contributed by atoms with Crippen LogP contribution in [0.2, 0.25) is 0 Å². The second kappa shape index (κ2) is 10.7. The molecule has 1 aromatic rings. The molecule has 2 nitrogen and oxygen atoms in total. The smallest absolute Gasteiger partial charge is 0.0611 e. The number of allylic oxidation sites excluding steroid dienone is 5. The molecule has 2 saturated carbocycles. The van der Waals surface area contributed by atoms with Gasteiger partial charge in [-0.2, -0.15) is 11.8 Å². The van der Waals surface area contributed by atoms with E-state index in [1.807, 2.05) is 0 Å². The van der Waals surface area contributed by atoms with E-state index in [9.17, 15) is 5.11 Å². The summed E-state index contributed by atoms with van der Waals surface area (Å²) in [5, 5.41) is 9.53. The average Bonchev–Trinajstić information content (AvgIpc) is 3.16. The van der Waals surface area contributed by atoms with E-state index in [0.29, 0.717) is 5.92 Å². The van der Waals surface area contributed by atoms with Crippen molar-refractivity contribution in [2.24, 2.45) is 17.6 Å². The molecule has 2 aliphatic carbocycles. The molecule has 2 fully saturated rings. The van der Waals surface area contributed by atoms with Crippen LogP contribution < -0.4 is 5.73 Å². The topological polar surface area (TPSA) is 46.2 Å². The van der Waals surface area contributed by atoms with Gasteiger partial charge in [-0.1, -0.05) is 54.6 Å². The maximum atomic E-state index is 9.53. The first-order valence-corrected chi connectivity index (χ1v) is 12.2. The highest BCUT2D eigenvalue weighted by molar-refractivity contribution is 7.99. The van der Waals surface area contributed by atoms with Gasteiger partial charge in [-0.05, 0) is 91.9 Å². The van der Waals surface area contributed by atoms with Gasteiger partial charge in [-0.3, -0.25) is 0 Å². The van der Waals surface area contributed by atoms with Gasteiger partial charge in [-0.15, -0.1) is 0 Å². The van der Waals surface area contributed by atoms with Gasteiger partial charge in [0.05, 0.1) is 6.61 Å². The molecular weight excluding hydrogens is 374 g/mol. The van der Waals surface area contributed by atoms with Crippen LogP contribution in [-0.4, -0.2) is 28.8 Å². The minimum atomic E-state index is -0.399. The predicted octanol–water partition coefficient (Wildman–Crippen LogP) is 5.68. The van der Waals surface area contributed by atoms with E-state index in [-0.39, 0.29) is 6.61 Å². The summed E-state index contributed by atoms with van der Waals surface area (Å²) in [6.07, 6.45) is 12.2. The van der Waals surface area contributed by atoms with Crippen molar-refractivity contribution in [3.05, 3.63) is 71.3 Å². The number of nitrogens with two attached hydrogens (primary N) is 1. The fraction of sp³-hybridized carbons (Fsp3) is 0.538. The van der Waals surface area contributed by atoms with Gasteiger partial charge >= 0.3 is 0 Å². The molecule has 158 valence electrons. The maximum Gasteiger partial charge on any atom is 0.0611 e. The number of rotatable bonds is 8. The second-order valence-corrected chi connectivity index (χ2v) is 10.1. The SMILES string of the molecule is C=C(/C=C1/CC[C@H](CSCCc2ccccc2)C/C1=C/C)[C@H]1CC[C@](N)(CO)C1. The summed E-state index contributed by atoms with van der Waals surface area (Å²) in [5.41, 5.74) is 11.5. The molecule has 2 aliphatic rings. The van der Waals surface area contributed by atoms with Crippen LogP contribution in [0.1, 0.15) is 51.0 Å². The van der Waals surface area contributed by atoms with Crippen molar-refractivity contribution in [1.82, 2.24) is 0 Å². The van der Waals surface area contributed by atoms with E-state index in [1.54, 1.807) is 0 Å². The lowest BCUT2D eigenvalue weighted by Gasteiger charge is -2.27. The number of hydrogen-bond acceptors (Lipinski definition) is 3. The van der Waals surface area contributed by atoms with E-state index in [0.717, 1.165) is 38.0 Å². The van der Waals surface area contributed by atoms with Gasteiger partial charge in [0.15, 0.2) is 0 Å². The number of thioether (sulfide) groups is 1. The van der Waals surface area contributed by atoms with E-state index in [1.165, 1.54) is 46.6 Å². The van der Waals surface area contributed by atoms with E-state index >= 15 is 0 Å². The molecule has 0 saturated heterocycles. The Bertz CT molecular complexity index is 738. The van der Waals surface area contributed by atoms with E-state index in [4.69, 9.17) is 5.73 Å². The first-order valence-electron chi connectivity index (χ1n) is 11.1. The normalized spacial score (nSPS) is 30.2. The third kappa shape index (κ3) is 6.34. The zero-order chi connectivity index (χ0) is 20.7. The molecule has 0 radical (unpaired) electrons. The highest BCUT2D eigenvalue weighted by atomic mass is 32.2. The second-order valence-electron chi connectivity index (χ2n) is 8.94. The van der Waals surface area contributed by atoms with Gasteiger partial charge < -0.3 is 10.8 Å². The Labute approximate surface area is 181 Å². The quantitative estimate of drug-likeness (QED) is 0.541. The fourth-order valence-electron chi connectivity index (χ4n) is 4.72. The molecule has 3 rings (SSSR count). The van der Waals surface area contributed by atoms with Crippen LogP contribution in [0.25, 0.3) is 0 Å². The molecule has 0 aliphatic heterocycles. The van der Waals surface area contributed by atoms with Crippen LogP contribution in [0.5, 0.6) is 0 Å². The van der Waals surface area contributed by atoms with Crippen molar-refractivity contribution < 1.29 is 5.11 Å². The number of hydrogen-bond donors (Lipinski definition) is 2. The molecule has 0 spiro atoms. The van der Waals surface area contributed by atoms with Gasteiger partial charge in [0.25, 0.3) is 0 Å². The average molecular weight is 412 g/mol. The standard InChI is InChI=1S/C26H37NOS/c1-3-23-16-22(18-29-14-12-21-7-5-4-6-8-21)9-10-24(23)15-20(2)25-11-13-26(27,17-25)19-28/h3-8,15,22,25,28H,2,9-14,16-19,27H2,1H3/b23-3-,24-15-/t22-,25-,26+/m0/s1. The van der Waals surface area contributed by atoms with Crippen molar-refractivity contribution in [1.29, 1.82) is 0 Å². The molecule has 0 aromatic heterocycles. The number of aryl methyl sites for hydroxylation is 1. The van der Waals surface area contributed by atoms with Crippen LogP contribution >= 0.6 is 11.8 Å². The van der Waals surface area contributed by atoms with Crippen LogP contribution in [0.15, 0.2) is 65.8 Å². The summed E-state index contributed by atoms with van der Waals surface area (Å²) in [5.74, 6) is 3.67. The molecule has 0 unspecified atom stereocenters. The number of aliphatic hydroxyl groups excluding tert-OH is 1. The van der Waals surface area contributed by atoms with Crippen molar-refractivity contribution in [3.8, 4) is 0 Å². The zero-order valence-electron chi connectivity index (χ0n) is 17.9. The largest absolute Gasteiger partial charge is 0.394 e. The Kier molecular flexibility index (Phi) is 8.23. The van der Waals surface area contributed by atoms with Crippen molar-refractivity contribution in [2.45, 2.75) is 57.4 Å². The first-order chi connectivity index (χ1) is 14.0. The molecule has 3 N–H and O–H groups in total. The Morgan fingerprint density at radius 3 is 2.76 bits per heavy atom. The van der Waals surface area contributed by atoms with Gasteiger partial charge in [-0.25, -0.2) is 0 Å². The third-order valence-corrected chi connectivity index (χ3v) is 7.87. The molecule has 3 atom stereocenters. The Hall–Kier alpha value is -1.29. The molecular formula is C26H37NOS. The molecule has 0 bridgehead atoms. The zero-order valence-corrected chi connectivity index (χ0v) is 18.7. The van der Waals surface area contributed by atoms with Crippen LogP contribution in [0.4, 0.5) is 0 Å². The molecule has 0 heterocycles. The Morgan fingerprint density at radius 1 is 1.28 bits per heavy atom. The van der Waals surface area contributed by atoms with Crippen molar-refractivity contribution in [3.63, 3.8) is 0 Å². The lowest BCUT2D eigenvalue weighted by molar-refractivity contribution is 0.197. The number of aliphatic hydroxyl groups is 1. The summed E-state index contributed by atoms with van der Waals surface area (Å²) in [4.78, 5) is 0. The predicted molar refractivity (Wildman–Crippen MR) is 127 cm³/mol. The summed E-state index contributed by atoms with van der Waals surface area (Å²) in [7, 11) is 0. The summed E-state index contributed by atoms with van der Waals surface area (Å²) < 4.78 is 0. The molecule has 1 aromatic carbocycles. The van der Waals surface area contributed by atoms with Gasteiger partial charge in [0.2, 0.25) is 0 Å². The monoisotopic (exact) mass is 411 g/mol. The highest BCUT2D eigenvalue weighted by Crippen LogP contribution is 2.40. The van der Waals surface area contributed by atoms with E-state index in [2.05, 4.69) is 67.7 Å². The van der Waals surface area contributed by atoms with Crippen LogP contribution in [0.3, 0.4) is 0 Å². The van der Waals surface area contributed by atoms with E-state index < -0.39 is 5.54 Å². The Morgan fingerprint density at radius 2 is 2.07 bits per heavy atom. The van der Waals surface area contributed by atoms with Crippen molar-refractivity contribution >= 4 is 11.8 Å². The lowest BCUT2D eigenvalue weighted by atomic mass is 9.81. The lowest BCUT2D eigenvalue weighted by Crippen LogP contribution is -2.40. The summed E-state index contributed by atoms with van der Waals surface area (Å²) in [6.45, 7) is 6.61. The number of benzene rings is 1. The third-order valence-electron chi connectivity index (χ3n) is 6.67. The maximum absolute atomic E-state index is 9.53. The minimum absolute atomic E-state index is 0.0804. The van der Waals surface area contributed by atoms with Gasteiger partial charge in [0, 0.05) is 5.54 Å². The van der Waals surface area contributed by atoms with Crippen LogP contribution in [-0.2, 0) is 6.42 Å². The molecule has 3 heteroatoms. The summed E-state index contributed by atoms with van der Waals surface area (Å²) in [6, 6.07) is 10.8. The molecule has 0 amide bonds. The minimum Gasteiger partial charge on any atom is -0.394 e. The van der Waals surface area contributed by atoms with Gasteiger partial charge in [0.1, 0.15) is 0 Å². The first kappa shape index (κ1) is 22.4.